The highest BCUT2D eigenvalue weighted by Gasteiger charge is 2.42. The summed E-state index contributed by atoms with van der Waals surface area (Å²) in [6, 6.07) is 9.12. The third-order valence-electron chi connectivity index (χ3n) is 12.0. The van der Waals surface area contributed by atoms with Gasteiger partial charge in [-0.05, 0) is 55.0 Å². The van der Waals surface area contributed by atoms with Gasteiger partial charge < -0.3 is 106 Å². The van der Waals surface area contributed by atoms with Gasteiger partial charge in [0.1, 0.15) is 46.7 Å². The summed E-state index contributed by atoms with van der Waals surface area (Å²) in [5.74, 6) is -16.7. The van der Waals surface area contributed by atoms with Crippen molar-refractivity contribution in [2.45, 2.75) is 49.6 Å². The molecule has 6 aromatic rings. The van der Waals surface area contributed by atoms with Crippen molar-refractivity contribution in [3.63, 3.8) is 0 Å². The Morgan fingerprint density at radius 2 is 0.886 bits per heavy atom. The van der Waals surface area contributed by atoms with Gasteiger partial charge >= 0.3 is 11.9 Å². The Balaban J connectivity index is 1.17. The summed E-state index contributed by atoms with van der Waals surface area (Å²) in [5, 5.41) is 168. The summed E-state index contributed by atoms with van der Waals surface area (Å²) in [4.78, 5) is 27.0. The molecule has 0 aromatic heterocycles. The minimum Gasteiger partial charge on any atom is -0.507 e. The maximum atomic E-state index is 13.5. The Morgan fingerprint density at radius 3 is 1.31 bits per heavy atom. The van der Waals surface area contributed by atoms with E-state index in [2.05, 4.69) is 5.73 Å². The molecule has 0 saturated carbocycles. The van der Waals surface area contributed by atoms with Gasteiger partial charge in [0.25, 0.3) is 0 Å². The van der Waals surface area contributed by atoms with Crippen LogP contribution in [0.2, 0.25) is 0 Å². The van der Waals surface area contributed by atoms with Crippen LogP contribution in [0.15, 0.2) is 60.7 Å². The lowest BCUT2D eigenvalue weighted by Crippen LogP contribution is -2.53. The van der Waals surface area contributed by atoms with Crippen molar-refractivity contribution in [3.05, 3.63) is 105 Å². The highest BCUT2D eigenvalue weighted by Crippen LogP contribution is 2.53. The Bertz CT molecular complexity index is 3040. The number of carbonyl (C=O) groups excluding carboxylic acids is 2. The predicted molar refractivity (Wildman–Crippen MR) is 232 cm³/mol. The third kappa shape index (κ3) is 8.36. The van der Waals surface area contributed by atoms with E-state index in [0.29, 0.717) is 0 Å². The van der Waals surface area contributed by atoms with Crippen molar-refractivity contribution in [3.8, 4) is 103 Å². The normalized spacial score (nSPS) is 17.6. The molecule has 2 aliphatic rings. The number of hydrogen-bond donors (Lipinski definition) is 17. The zero-order chi connectivity index (χ0) is 50.8. The van der Waals surface area contributed by atoms with Crippen LogP contribution in [0.4, 0.5) is 0 Å². The van der Waals surface area contributed by atoms with Crippen molar-refractivity contribution in [1.29, 1.82) is 0 Å². The van der Waals surface area contributed by atoms with Gasteiger partial charge in [0.15, 0.2) is 81.2 Å². The molecule has 8 rings (SSSR count). The second kappa shape index (κ2) is 17.7. The van der Waals surface area contributed by atoms with E-state index >= 15 is 0 Å². The highest BCUT2D eigenvalue weighted by atomic mass is 16.6. The summed E-state index contributed by atoms with van der Waals surface area (Å²) < 4.78 is 23.9. The smallest absolute Gasteiger partial charge is 0.338 e. The Hall–Kier alpha value is -9.38. The summed E-state index contributed by atoms with van der Waals surface area (Å²) >= 11 is 0. The number of rotatable bonds is 10. The molecule has 0 saturated heterocycles. The molecule has 0 aliphatic carbocycles. The first-order valence-corrected chi connectivity index (χ1v) is 20.7. The summed E-state index contributed by atoms with van der Waals surface area (Å²) in [6.07, 6.45) is -7.20. The number of phenolic OH excluding ortho intramolecular Hbond substituents is 16. The van der Waals surface area contributed by atoms with Crippen molar-refractivity contribution in [2.75, 3.05) is 6.54 Å². The average molecular weight is 973 g/mol. The van der Waals surface area contributed by atoms with Crippen LogP contribution < -0.4 is 15.2 Å². The van der Waals surface area contributed by atoms with E-state index in [4.69, 9.17) is 18.9 Å². The summed E-state index contributed by atoms with van der Waals surface area (Å²) in [6.45, 7) is -0.138. The molecule has 1 unspecified atom stereocenters. The van der Waals surface area contributed by atoms with E-state index in [1.54, 1.807) is 0 Å². The third-order valence-corrected chi connectivity index (χ3v) is 12.0. The van der Waals surface area contributed by atoms with Crippen LogP contribution in [0.25, 0.3) is 0 Å². The molecule has 2 heterocycles. The van der Waals surface area contributed by atoms with Crippen LogP contribution in [0.3, 0.4) is 0 Å². The molecule has 5 atom stereocenters. The van der Waals surface area contributed by atoms with Gasteiger partial charge in [-0.25, -0.2) is 9.59 Å². The van der Waals surface area contributed by atoms with E-state index in [1.165, 1.54) is 0 Å². The molecule has 0 amide bonds. The molecule has 23 nitrogen and oxygen atoms in total. The van der Waals surface area contributed by atoms with Gasteiger partial charge in [0.2, 0.25) is 0 Å². The number of phenols is 16. The minimum absolute atomic E-state index is 0.0755. The van der Waals surface area contributed by atoms with E-state index < -0.39 is 158 Å². The van der Waals surface area contributed by atoms with Gasteiger partial charge in [0, 0.05) is 64.3 Å². The molecule has 19 N–H and O–H groups in total. The van der Waals surface area contributed by atoms with E-state index in [-0.39, 0.29) is 57.8 Å². The van der Waals surface area contributed by atoms with Gasteiger partial charge in [0.05, 0.1) is 17.7 Å². The number of carbonyl (C=O) groups is 2. The SMILES string of the molecule is [NH3+]CC(Cc1c(O)cc2c(c1O)C[C@@H](OC(=O)c1cc(O)c(O)c(O)c1)[C@@H](c1cc(O)c(O)c(O)c1)O2)c1c(O)cc(O)c2c1O[C@H](c1cc(O)c(O)c(O)c1)[C@H](OC(=O)c1cc(O)c(O)c(O)c1)C2. The molecule has 23 heteroatoms. The van der Waals surface area contributed by atoms with Crippen LogP contribution in [0.5, 0.6) is 103 Å². The van der Waals surface area contributed by atoms with Crippen LogP contribution in [0.1, 0.15) is 72.2 Å². The number of hydrogen-bond acceptors (Lipinski definition) is 22. The molecule has 6 aromatic carbocycles. The Labute approximate surface area is 392 Å². The Kier molecular flexibility index (Phi) is 11.9. The zero-order valence-corrected chi connectivity index (χ0v) is 35.8. The number of esters is 2. The van der Waals surface area contributed by atoms with Crippen LogP contribution in [0, 0.1) is 0 Å². The number of fused-ring (bicyclic) bond motifs is 2. The van der Waals surface area contributed by atoms with E-state index in [1.807, 2.05) is 0 Å². The van der Waals surface area contributed by atoms with Gasteiger partial charge in [-0.2, -0.15) is 0 Å². The number of aromatic hydroxyl groups is 16. The van der Waals surface area contributed by atoms with Crippen LogP contribution >= 0.6 is 0 Å². The van der Waals surface area contributed by atoms with Crippen LogP contribution in [-0.4, -0.2) is 112 Å². The highest BCUT2D eigenvalue weighted by molar-refractivity contribution is 5.92. The molecule has 0 fully saturated rings. The number of ether oxygens (including phenoxy) is 4. The first-order valence-electron chi connectivity index (χ1n) is 20.7. The first kappa shape index (κ1) is 47.1. The monoisotopic (exact) mass is 972 g/mol. The lowest BCUT2D eigenvalue weighted by atomic mass is 9.84. The van der Waals surface area contributed by atoms with Crippen molar-refractivity contribution in [1.82, 2.24) is 0 Å². The lowest BCUT2D eigenvalue weighted by molar-refractivity contribution is -0.372. The molecular weight excluding hydrogens is 931 g/mol. The van der Waals surface area contributed by atoms with Crippen molar-refractivity contribution < 1.29 is 116 Å². The fraction of sp³-hybridized carbons (Fsp3) is 0.191. The largest absolute Gasteiger partial charge is 0.507 e. The molecule has 366 valence electrons. The predicted octanol–water partition coefficient (Wildman–Crippen LogP) is 3.35. The second-order valence-corrected chi connectivity index (χ2v) is 16.4. The lowest BCUT2D eigenvalue weighted by Gasteiger charge is -2.36. The standard InChI is InChI=1S/C47H41NO22/c48-14-19(37-25(51)12-23(49)21-10-35(68-46(65)17-6-30(56)41(63)31(57)7-17)44(70-45(21)37)16-4-28(54)40(62)29(55)5-16)1-20-24(50)13-34-22(38(20)60)11-36(43(67-34)15-2-26(52)39(61)27(53)3-15)69-47(66)18-8-32(58)42(64)33(59)9-18/h2-9,12-13,19,35-36,43-44,49-64H,1,10-11,14,48H2/p+1/t19?,35-,36-,43-,44-/m1/s1. The maximum Gasteiger partial charge on any atom is 0.338 e. The van der Waals surface area contributed by atoms with Gasteiger partial charge in [-0.1, -0.05) is 0 Å². The second-order valence-electron chi connectivity index (χ2n) is 16.4. The molecule has 0 spiro atoms. The fourth-order valence-electron chi connectivity index (χ4n) is 8.47. The number of benzene rings is 6. The average Bonchev–Trinajstić information content (AvgIpc) is 3.30. The van der Waals surface area contributed by atoms with Crippen molar-refractivity contribution >= 4 is 11.9 Å². The fourth-order valence-corrected chi connectivity index (χ4v) is 8.47. The molecule has 70 heavy (non-hydrogen) atoms. The van der Waals surface area contributed by atoms with Crippen molar-refractivity contribution in [2.24, 2.45) is 0 Å². The van der Waals surface area contributed by atoms with Crippen LogP contribution in [-0.2, 0) is 28.7 Å². The summed E-state index contributed by atoms with van der Waals surface area (Å²) in [5.41, 5.74) is 2.46. The molecule has 2 aliphatic heterocycles. The molecule has 0 bridgehead atoms. The van der Waals surface area contributed by atoms with E-state index in [9.17, 15) is 91.3 Å². The van der Waals surface area contributed by atoms with Gasteiger partial charge in [-0.15, -0.1) is 0 Å². The summed E-state index contributed by atoms with van der Waals surface area (Å²) in [7, 11) is 0. The Morgan fingerprint density at radius 1 is 0.486 bits per heavy atom. The van der Waals surface area contributed by atoms with Gasteiger partial charge in [-0.3, -0.25) is 0 Å². The molecular formula is C47H42NO22+. The maximum absolute atomic E-state index is 13.5. The topological polar surface area (TPSA) is 422 Å². The first-order chi connectivity index (χ1) is 33.1. The molecule has 0 radical (unpaired) electrons. The quantitative estimate of drug-likeness (QED) is 0.0691. The minimum atomic E-state index is -1.54. The number of quaternary nitrogens is 1. The van der Waals surface area contributed by atoms with E-state index in [0.717, 1.165) is 60.7 Å². The zero-order valence-electron chi connectivity index (χ0n) is 35.8.